The lowest BCUT2D eigenvalue weighted by atomic mass is 10.00. The van der Waals surface area contributed by atoms with Crippen LogP contribution < -0.4 is 0 Å². The molecule has 1 aromatic rings. The molecule has 1 nitrogen and oxygen atoms in total. The molecule has 1 rings (SSSR count). The van der Waals surface area contributed by atoms with Crippen LogP contribution in [0.3, 0.4) is 0 Å². The number of hydrogen-bond donors (Lipinski definition) is 0. The number of benzene rings is 1. The number of carbonyl (C=O) groups excluding carboxylic acids is 1. The highest BCUT2D eigenvalue weighted by Crippen LogP contribution is 2.38. The fraction of sp³-hybridized carbons (Fsp3) is 0.364. The van der Waals surface area contributed by atoms with E-state index in [4.69, 9.17) is 0 Å². The Balaban J connectivity index is 3.35. The quantitative estimate of drug-likeness (QED) is 0.706. The minimum atomic E-state index is -4.46. The Bertz CT molecular complexity index is 429. The maximum Gasteiger partial charge on any atom is 0.416 e. The molecular formula is C11H9Br2F3O. The molecule has 6 heteroatoms. The van der Waals surface area contributed by atoms with Gasteiger partial charge in [-0.1, -0.05) is 44.0 Å². The highest BCUT2D eigenvalue weighted by Gasteiger charge is 2.35. The number of ketones is 1. The van der Waals surface area contributed by atoms with Crippen LogP contribution in [0.15, 0.2) is 18.2 Å². The van der Waals surface area contributed by atoms with Crippen molar-refractivity contribution in [2.45, 2.75) is 23.3 Å². The van der Waals surface area contributed by atoms with E-state index in [1.165, 1.54) is 13.0 Å². The molecule has 17 heavy (non-hydrogen) atoms. The lowest BCUT2D eigenvalue weighted by molar-refractivity contribution is -0.138. The van der Waals surface area contributed by atoms with E-state index in [0.29, 0.717) is 10.9 Å². The van der Waals surface area contributed by atoms with Gasteiger partial charge in [-0.2, -0.15) is 13.2 Å². The molecule has 0 saturated carbocycles. The van der Waals surface area contributed by atoms with E-state index in [2.05, 4.69) is 31.9 Å². The number of hydrogen-bond acceptors (Lipinski definition) is 1. The van der Waals surface area contributed by atoms with Crippen molar-refractivity contribution in [2.75, 3.05) is 0 Å². The summed E-state index contributed by atoms with van der Waals surface area (Å²) in [5.41, 5.74) is -0.300. The zero-order chi connectivity index (χ0) is 13.2. The first-order chi connectivity index (χ1) is 7.77. The first kappa shape index (κ1) is 14.7. The molecule has 0 aliphatic rings. The molecule has 94 valence electrons. The molecular weight excluding hydrogens is 365 g/mol. The Morgan fingerprint density at radius 3 is 2.41 bits per heavy atom. The summed E-state index contributed by atoms with van der Waals surface area (Å²) >= 11 is 6.08. The Kier molecular flexibility index (Phi) is 4.77. The molecule has 0 fully saturated rings. The van der Waals surface area contributed by atoms with Crippen LogP contribution >= 0.6 is 31.9 Å². The Morgan fingerprint density at radius 1 is 1.41 bits per heavy atom. The van der Waals surface area contributed by atoms with Crippen LogP contribution in [0.1, 0.15) is 28.4 Å². The molecule has 0 aliphatic carbocycles. The van der Waals surface area contributed by atoms with Crippen molar-refractivity contribution >= 4 is 37.6 Å². The Hall–Kier alpha value is -0.360. The minimum Gasteiger partial charge on any atom is -0.298 e. The van der Waals surface area contributed by atoms with Gasteiger partial charge in [-0.25, -0.2) is 0 Å². The van der Waals surface area contributed by atoms with Gasteiger partial charge >= 0.3 is 6.18 Å². The van der Waals surface area contributed by atoms with Crippen LogP contribution in [0.5, 0.6) is 0 Å². The average Bonchev–Trinajstić information content (AvgIpc) is 2.26. The number of carbonyl (C=O) groups is 1. The Morgan fingerprint density at radius 2 is 2.00 bits per heavy atom. The largest absolute Gasteiger partial charge is 0.416 e. The molecule has 0 N–H and O–H groups in total. The molecule has 0 radical (unpaired) electrons. The molecule has 1 atom stereocenters. The van der Waals surface area contributed by atoms with Crippen LogP contribution in [0.4, 0.5) is 13.2 Å². The van der Waals surface area contributed by atoms with Crippen molar-refractivity contribution in [1.29, 1.82) is 0 Å². The van der Waals surface area contributed by atoms with Gasteiger partial charge in [-0.3, -0.25) is 4.79 Å². The third-order valence-electron chi connectivity index (χ3n) is 2.21. The summed E-state index contributed by atoms with van der Waals surface area (Å²) in [6.07, 6.45) is -4.46. The van der Waals surface area contributed by atoms with Gasteiger partial charge in [0.15, 0.2) is 0 Å². The minimum absolute atomic E-state index is 0.0466. The van der Waals surface area contributed by atoms with E-state index in [9.17, 15) is 18.0 Å². The van der Waals surface area contributed by atoms with Gasteiger partial charge in [0.2, 0.25) is 0 Å². The van der Waals surface area contributed by atoms with Crippen molar-refractivity contribution in [3.05, 3.63) is 34.9 Å². The van der Waals surface area contributed by atoms with Gasteiger partial charge < -0.3 is 0 Å². The smallest absolute Gasteiger partial charge is 0.298 e. The Labute approximate surface area is 114 Å². The molecule has 0 heterocycles. The molecule has 0 aromatic heterocycles. The first-order valence-electron chi connectivity index (χ1n) is 4.68. The summed E-state index contributed by atoms with van der Waals surface area (Å²) in [5, 5.41) is 0.337. The normalized spacial score (nSPS) is 13.5. The molecule has 0 amide bonds. The third kappa shape index (κ3) is 3.55. The summed E-state index contributed by atoms with van der Waals surface area (Å²) in [6, 6.07) is 3.96. The molecule has 1 unspecified atom stereocenters. The zero-order valence-electron chi connectivity index (χ0n) is 8.81. The van der Waals surface area contributed by atoms with Crippen LogP contribution in [-0.4, -0.2) is 5.78 Å². The van der Waals surface area contributed by atoms with E-state index in [1.807, 2.05) is 0 Å². The van der Waals surface area contributed by atoms with Crippen LogP contribution in [0, 0.1) is 0 Å². The fourth-order valence-electron chi connectivity index (χ4n) is 1.37. The lowest BCUT2D eigenvalue weighted by Crippen LogP contribution is -2.13. The zero-order valence-corrected chi connectivity index (χ0v) is 12.0. The summed E-state index contributed by atoms with van der Waals surface area (Å²) in [4.78, 5) is 10.2. The van der Waals surface area contributed by atoms with E-state index in [0.717, 1.165) is 6.07 Å². The SMILES string of the molecule is CC(=O)C(Br)c1ccc(CBr)cc1C(F)(F)F. The van der Waals surface area contributed by atoms with Gasteiger partial charge in [0.05, 0.1) is 10.4 Å². The fourth-order valence-corrected chi connectivity index (χ4v) is 2.12. The van der Waals surface area contributed by atoms with E-state index < -0.39 is 16.6 Å². The van der Waals surface area contributed by atoms with Crippen LogP contribution in [-0.2, 0) is 16.3 Å². The van der Waals surface area contributed by atoms with Gasteiger partial charge in [-0.15, -0.1) is 0 Å². The maximum atomic E-state index is 12.8. The van der Waals surface area contributed by atoms with Gasteiger partial charge in [-0.05, 0) is 24.1 Å². The van der Waals surface area contributed by atoms with Crippen LogP contribution in [0.2, 0.25) is 0 Å². The van der Waals surface area contributed by atoms with Crippen molar-refractivity contribution in [3.63, 3.8) is 0 Å². The average molecular weight is 374 g/mol. The second-order valence-electron chi connectivity index (χ2n) is 3.53. The second-order valence-corrected chi connectivity index (χ2v) is 5.00. The molecule has 0 saturated heterocycles. The molecule has 0 aliphatic heterocycles. The van der Waals surface area contributed by atoms with Gasteiger partial charge in [0.1, 0.15) is 5.78 Å². The van der Waals surface area contributed by atoms with Crippen molar-refractivity contribution in [2.24, 2.45) is 0 Å². The van der Waals surface area contributed by atoms with Crippen molar-refractivity contribution < 1.29 is 18.0 Å². The van der Waals surface area contributed by atoms with Crippen molar-refractivity contribution in [3.8, 4) is 0 Å². The number of Topliss-reactive ketones (excluding diaryl/α,β-unsaturated/α-hetero) is 1. The maximum absolute atomic E-state index is 12.8. The molecule has 0 spiro atoms. The van der Waals surface area contributed by atoms with E-state index >= 15 is 0 Å². The van der Waals surface area contributed by atoms with Crippen molar-refractivity contribution in [1.82, 2.24) is 0 Å². The topological polar surface area (TPSA) is 17.1 Å². The summed E-state index contributed by atoms with van der Waals surface area (Å²) in [7, 11) is 0. The number of halogens is 5. The van der Waals surface area contributed by atoms with E-state index in [-0.39, 0.29) is 11.3 Å². The summed E-state index contributed by atoms with van der Waals surface area (Å²) < 4.78 is 38.5. The predicted octanol–water partition coefficient (Wildman–Crippen LogP) is 4.63. The lowest BCUT2D eigenvalue weighted by Gasteiger charge is -2.16. The monoisotopic (exact) mass is 372 g/mol. The number of rotatable bonds is 3. The first-order valence-corrected chi connectivity index (χ1v) is 6.71. The predicted molar refractivity (Wildman–Crippen MR) is 66.4 cm³/mol. The third-order valence-corrected chi connectivity index (χ3v) is 3.99. The summed E-state index contributed by atoms with van der Waals surface area (Å²) in [5.74, 6) is -0.359. The molecule has 1 aromatic carbocycles. The highest BCUT2D eigenvalue weighted by atomic mass is 79.9. The molecule has 0 bridgehead atoms. The van der Waals surface area contributed by atoms with Crippen LogP contribution in [0.25, 0.3) is 0 Å². The second kappa shape index (κ2) is 5.52. The number of alkyl halides is 5. The van der Waals surface area contributed by atoms with E-state index in [1.54, 1.807) is 6.07 Å². The standard InChI is InChI=1S/C11H9Br2F3O/c1-6(17)10(13)8-3-2-7(5-12)4-9(8)11(14,15)16/h2-4,10H,5H2,1H3. The van der Waals surface area contributed by atoms with Gasteiger partial charge in [0, 0.05) is 5.33 Å². The summed E-state index contributed by atoms with van der Waals surface area (Å²) in [6.45, 7) is 1.25. The van der Waals surface area contributed by atoms with Gasteiger partial charge in [0.25, 0.3) is 0 Å². The highest BCUT2D eigenvalue weighted by molar-refractivity contribution is 9.09.